The van der Waals surface area contributed by atoms with E-state index in [0.29, 0.717) is 29.5 Å². The summed E-state index contributed by atoms with van der Waals surface area (Å²) >= 11 is 6.44. The van der Waals surface area contributed by atoms with E-state index >= 15 is 0 Å². The molecule has 160 valence electrons. The number of amides is 1. The van der Waals surface area contributed by atoms with Crippen LogP contribution in [0.4, 0.5) is 0 Å². The molecule has 0 radical (unpaired) electrons. The van der Waals surface area contributed by atoms with Crippen LogP contribution in [0.15, 0.2) is 103 Å². The second kappa shape index (κ2) is 10.7. The van der Waals surface area contributed by atoms with Crippen LogP contribution in [0, 0.1) is 0 Å². The molecule has 4 aromatic rings. The lowest BCUT2D eigenvalue weighted by atomic mass is 9.98. The van der Waals surface area contributed by atoms with Gasteiger partial charge in [0.1, 0.15) is 12.4 Å². The first-order valence-corrected chi connectivity index (χ1v) is 11.0. The summed E-state index contributed by atoms with van der Waals surface area (Å²) in [7, 11) is 0. The van der Waals surface area contributed by atoms with Crippen molar-refractivity contribution in [2.45, 2.75) is 13.0 Å². The van der Waals surface area contributed by atoms with Crippen LogP contribution in [-0.2, 0) is 13.0 Å². The third-order valence-corrected chi connectivity index (χ3v) is 5.52. The van der Waals surface area contributed by atoms with Gasteiger partial charge in [-0.1, -0.05) is 90.5 Å². The van der Waals surface area contributed by atoms with Gasteiger partial charge in [0.25, 0.3) is 5.91 Å². The van der Waals surface area contributed by atoms with Gasteiger partial charge >= 0.3 is 0 Å². The van der Waals surface area contributed by atoms with Gasteiger partial charge in [-0.15, -0.1) is 0 Å². The lowest BCUT2D eigenvalue weighted by molar-refractivity contribution is 0.0954. The first kappa shape index (κ1) is 21.7. The van der Waals surface area contributed by atoms with Gasteiger partial charge < -0.3 is 10.1 Å². The maximum absolute atomic E-state index is 13.2. The van der Waals surface area contributed by atoms with Crippen molar-refractivity contribution in [2.75, 3.05) is 6.54 Å². The van der Waals surface area contributed by atoms with Gasteiger partial charge in [-0.25, -0.2) is 0 Å². The molecule has 4 heteroatoms. The molecular formula is C28H24ClNO2. The molecule has 4 aromatic carbocycles. The van der Waals surface area contributed by atoms with E-state index in [2.05, 4.69) is 17.4 Å². The van der Waals surface area contributed by atoms with Crippen molar-refractivity contribution in [1.29, 1.82) is 0 Å². The van der Waals surface area contributed by atoms with Crippen LogP contribution in [0.1, 0.15) is 21.5 Å². The van der Waals surface area contributed by atoms with Gasteiger partial charge in [0.15, 0.2) is 0 Å². The molecule has 0 fully saturated rings. The Labute approximate surface area is 193 Å². The maximum atomic E-state index is 13.2. The van der Waals surface area contributed by atoms with Gasteiger partial charge in [-0.3, -0.25) is 4.79 Å². The van der Waals surface area contributed by atoms with E-state index in [1.54, 1.807) is 6.07 Å². The number of rotatable bonds is 8. The van der Waals surface area contributed by atoms with Crippen LogP contribution in [-0.4, -0.2) is 12.5 Å². The lowest BCUT2D eigenvalue weighted by Crippen LogP contribution is -2.26. The van der Waals surface area contributed by atoms with E-state index in [0.717, 1.165) is 23.1 Å². The van der Waals surface area contributed by atoms with Gasteiger partial charge in [-0.2, -0.15) is 0 Å². The number of nitrogens with one attached hydrogen (secondary N) is 1. The van der Waals surface area contributed by atoms with Crippen molar-refractivity contribution in [1.82, 2.24) is 5.32 Å². The normalized spacial score (nSPS) is 10.5. The molecule has 0 saturated heterocycles. The highest BCUT2D eigenvalue weighted by Crippen LogP contribution is 2.32. The molecule has 0 saturated carbocycles. The number of ether oxygens (including phenoxy) is 1. The molecule has 0 aliphatic heterocycles. The topological polar surface area (TPSA) is 38.3 Å². The number of carbonyl (C=O) groups excluding carboxylic acids is 1. The Morgan fingerprint density at radius 3 is 2.12 bits per heavy atom. The van der Waals surface area contributed by atoms with Crippen molar-refractivity contribution in [3.05, 3.63) is 125 Å². The zero-order chi connectivity index (χ0) is 22.2. The summed E-state index contributed by atoms with van der Waals surface area (Å²) in [4.78, 5) is 13.2. The molecule has 0 unspecified atom stereocenters. The molecule has 0 heterocycles. The van der Waals surface area contributed by atoms with E-state index < -0.39 is 0 Å². The largest absolute Gasteiger partial charge is 0.489 e. The number of benzene rings is 4. The van der Waals surface area contributed by atoms with Crippen LogP contribution >= 0.6 is 11.6 Å². The Balaban J connectivity index is 1.56. The number of carbonyl (C=O) groups is 1. The van der Waals surface area contributed by atoms with Crippen LogP contribution in [0.3, 0.4) is 0 Å². The fraction of sp³-hybridized carbons (Fsp3) is 0.107. The number of halogens is 1. The number of hydrogen-bond donors (Lipinski definition) is 1. The van der Waals surface area contributed by atoms with E-state index in [9.17, 15) is 4.79 Å². The van der Waals surface area contributed by atoms with E-state index in [1.165, 1.54) is 5.56 Å². The molecular weight excluding hydrogens is 418 g/mol. The first-order valence-electron chi connectivity index (χ1n) is 10.6. The molecule has 0 aromatic heterocycles. The average Bonchev–Trinajstić information content (AvgIpc) is 2.84. The van der Waals surface area contributed by atoms with Crippen molar-refractivity contribution in [2.24, 2.45) is 0 Å². The second-order valence-electron chi connectivity index (χ2n) is 7.45. The molecule has 1 amide bonds. The van der Waals surface area contributed by atoms with Crippen molar-refractivity contribution >= 4 is 17.5 Å². The minimum atomic E-state index is -0.152. The summed E-state index contributed by atoms with van der Waals surface area (Å²) in [6.07, 6.45) is 0.762. The Morgan fingerprint density at radius 1 is 0.750 bits per heavy atom. The summed E-state index contributed by atoms with van der Waals surface area (Å²) in [5, 5.41) is 3.64. The third kappa shape index (κ3) is 5.57. The SMILES string of the molecule is O=C(NCCc1ccccc1)c1cc(OCc2ccccc2)ccc1-c1ccccc1Cl. The van der Waals surface area contributed by atoms with Crippen LogP contribution in [0.2, 0.25) is 5.02 Å². The molecule has 0 atom stereocenters. The first-order chi connectivity index (χ1) is 15.7. The summed E-state index contributed by atoms with van der Waals surface area (Å²) in [6.45, 7) is 0.973. The minimum absolute atomic E-state index is 0.152. The molecule has 4 rings (SSSR count). The Bertz CT molecular complexity index is 1180. The third-order valence-electron chi connectivity index (χ3n) is 5.19. The molecule has 3 nitrogen and oxygen atoms in total. The quantitative estimate of drug-likeness (QED) is 0.336. The monoisotopic (exact) mass is 441 g/mol. The van der Waals surface area contributed by atoms with Crippen LogP contribution in [0.25, 0.3) is 11.1 Å². The zero-order valence-electron chi connectivity index (χ0n) is 17.6. The Morgan fingerprint density at radius 2 is 1.41 bits per heavy atom. The fourth-order valence-corrected chi connectivity index (χ4v) is 3.75. The fourth-order valence-electron chi connectivity index (χ4n) is 3.52. The molecule has 1 N–H and O–H groups in total. The predicted molar refractivity (Wildman–Crippen MR) is 130 cm³/mol. The summed E-state index contributed by atoms with van der Waals surface area (Å²) in [5.41, 5.74) is 4.38. The van der Waals surface area contributed by atoms with Crippen molar-refractivity contribution in [3.63, 3.8) is 0 Å². The van der Waals surface area contributed by atoms with Crippen LogP contribution < -0.4 is 10.1 Å². The second-order valence-corrected chi connectivity index (χ2v) is 7.86. The highest BCUT2D eigenvalue weighted by Gasteiger charge is 2.16. The highest BCUT2D eigenvalue weighted by atomic mass is 35.5. The van der Waals surface area contributed by atoms with Gasteiger partial charge in [-0.05, 0) is 47.4 Å². The highest BCUT2D eigenvalue weighted by molar-refractivity contribution is 6.33. The molecule has 0 aliphatic carbocycles. The van der Waals surface area contributed by atoms with Gasteiger partial charge in [0.05, 0.1) is 5.56 Å². The lowest BCUT2D eigenvalue weighted by Gasteiger charge is -2.14. The summed E-state index contributed by atoms with van der Waals surface area (Å²) in [5.74, 6) is 0.485. The standard InChI is InChI=1S/C28H24ClNO2/c29-27-14-8-7-13-25(27)24-16-15-23(32-20-22-11-5-2-6-12-22)19-26(24)28(31)30-18-17-21-9-3-1-4-10-21/h1-16,19H,17-18,20H2,(H,30,31). The van der Waals surface area contributed by atoms with Crippen LogP contribution in [0.5, 0.6) is 5.75 Å². The average molecular weight is 442 g/mol. The van der Waals surface area contributed by atoms with E-state index in [4.69, 9.17) is 16.3 Å². The Kier molecular flexibility index (Phi) is 7.21. The van der Waals surface area contributed by atoms with E-state index in [-0.39, 0.29) is 5.91 Å². The molecule has 0 aliphatic rings. The summed E-state index contributed by atoms with van der Waals surface area (Å²) < 4.78 is 5.96. The minimum Gasteiger partial charge on any atom is -0.489 e. The molecule has 0 spiro atoms. The smallest absolute Gasteiger partial charge is 0.252 e. The Hall–Kier alpha value is -3.56. The summed E-state index contributed by atoms with van der Waals surface area (Å²) in [6, 6.07) is 33.1. The molecule has 32 heavy (non-hydrogen) atoms. The molecule has 0 bridgehead atoms. The van der Waals surface area contributed by atoms with Gasteiger partial charge in [0.2, 0.25) is 0 Å². The van der Waals surface area contributed by atoms with Crippen molar-refractivity contribution < 1.29 is 9.53 Å². The van der Waals surface area contributed by atoms with Crippen molar-refractivity contribution in [3.8, 4) is 16.9 Å². The maximum Gasteiger partial charge on any atom is 0.252 e. The zero-order valence-corrected chi connectivity index (χ0v) is 18.4. The van der Waals surface area contributed by atoms with E-state index in [1.807, 2.05) is 84.9 Å². The van der Waals surface area contributed by atoms with Gasteiger partial charge in [0, 0.05) is 17.1 Å². The number of hydrogen-bond acceptors (Lipinski definition) is 2. The predicted octanol–water partition coefficient (Wildman–Crippen LogP) is 6.56.